The number of hydrogen-bond donors (Lipinski definition) is 0. The standard InChI is InChI=1S/C12H18F3NO2/c1-11(2,3)18-8-10(17)16-6-4-9(5-7-16)12(13,14)15/h4H,5-8H2,1-3H3. The van der Waals surface area contributed by atoms with E-state index >= 15 is 0 Å². The molecule has 0 fully saturated rings. The second-order valence-corrected chi connectivity index (χ2v) is 5.22. The minimum Gasteiger partial charge on any atom is -0.366 e. The number of alkyl halides is 3. The highest BCUT2D eigenvalue weighted by atomic mass is 19.4. The summed E-state index contributed by atoms with van der Waals surface area (Å²) in [4.78, 5) is 13.1. The minimum atomic E-state index is -4.28. The summed E-state index contributed by atoms with van der Waals surface area (Å²) in [7, 11) is 0. The molecule has 6 heteroatoms. The predicted molar refractivity (Wildman–Crippen MR) is 61.0 cm³/mol. The van der Waals surface area contributed by atoms with Gasteiger partial charge in [0.25, 0.3) is 0 Å². The predicted octanol–water partition coefficient (Wildman–Crippen LogP) is 2.52. The molecule has 0 bridgehead atoms. The van der Waals surface area contributed by atoms with Gasteiger partial charge in [-0.1, -0.05) is 6.08 Å². The molecule has 1 rings (SSSR count). The molecular weight excluding hydrogens is 247 g/mol. The SMILES string of the molecule is CC(C)(C)OCC(=O)N1CC=C(C(F)(F)F)CC1. The summed E-state index contributed by atoms with van der Waals surface area (Å²) in [6.07, 6.45) is -3.36. The van der Waals surface area contributed by atoms with Gasteiger partial charge in [0.15, 0.2) is 0 Å². The van der Waals surface area contributed by atoms with E-state index in [4.69, 9.17) is 4.74 Å². The highest BCUT2D eigenvalue weighted by Crippen LogP contribution is 2.30. The number of nitrogens with zero attached hydrogens (tertiary/aromatic N) is 1. The quantitative estimate of drug-likeness (QED) is 0.718. The second-order valence-electron chi connectivity index (χ2n) is 5.22. The Bertz CT molecular complexity index is 342. The van der Waals surface area contributed by atoms with Crippen molar-refractivity contribution < 1.29 is 22.7 Å². The molecule has 0 saturated heterocycles. The van der Waals surface area contributed by atoms with Gasteiger partial charge >= 0.3 is 6.18 Å². The maximum absolute atomic E-state index is 12.4. The lowest BCUT2D eigenvalue weighted by Crippen LogP contribution is -2.40. The minimum absolute atomic E-state index is 0.00117. The first-order valence-corrected chi connectivity index (χ1v) is 5.77. The number of halogens is 3. The Hall–Kier alpha value is -1.04. The smallest absolute Gasteiger partial charge is 0.366 e. The van der Waals surface area contributed by atoms with Gasteiger partial charge in [0, 0.05) is 18.7 Å². The van der Waals surface area contributed by atoms with Crippen LogP contribution in [0.5, 0.6) is 0 Å². The number of carbonyl (C=O) groups is 1. The number of carbonyl (C=O) groups excluding carboxylic acids is 1. The molecule has 0 unspecified atom stereocenters. The van der Waals surface area contributed by atoms with Crippen LogP contribution in [0.1, 0.15) is 27.2 Å². The van der Waals surface area contributed by atoms with E-state index in [1.54, 1.807) is 0 Å². The Morgan fingerprint density at radius 3 is 2.39 bits per heavy atom. The van der Waals surface area contributed by atoms with Crippen LogP contribution in [0.4, 0.5) is 13.2 Å². The largest absolute Gasteiger partial charge is 0.412 e. The molecule has 18 heavy (non-hydrogen) atoms. The zero-order valence-electron chi connectivity index (χ0n) is 10.8. The zero-order chi connectivity index (χ0) is 14.0. The first kappa shape index (κ1) is 15.0. The van der Waals surface area contributed by atoms with Crippen molar-refractivity contribution in [1.82, 2.24) is 4.90 Å². The fourth-order valence-corrected chi connectivity index (χ4v) is 1.52. The topological polar surface area (TPSA) is 29.5 Å². The summed E-state index contributed by atoms with van der Waals surface area (Å²) < 4.78 is 42.4. The van der Waals surface area contributed by atoms with Crippen LogP contribution in [0.2, 0.25) is 0 Å². The molecule has 0 aromatic rings. The van der Waals surface area contributed by atoms with Crippen LogP contribution in [0.15, 0.2) is 11.6 Å². The molecule has 3 nitrogen and oxygen atoms in total. The number of rotatable bonds is 2. The summed E-state index contributed by atoms with van der Waals surface area (Å²) in [5.74, 6) is -0.276. The van der Waals surface area contributed by atoms with Crippen LogP contribution in [-0.4, -0.2) is 42.3 Å². The Morgan fingerprint density at radius 1 is 1.39 bits per heavy atom. The van der Waals surface area contributed by atoms with E-state index in [1.165, 1.54) is 4.90 Å². The molecule has 1 aliphatic heterocycles. The van der Waals surface area contributed by atoms with E-state index in [-0.39, 0.29) is 32.0 Å². The second kappa shape index (κ2) is 5.30. The van der Waals surface area contributed by atoms with Crippen molar-refractivity contribution in [1.29, 1.82) is 0 Å². The van der Waals surface area contributed by atoms with Gasteiger partial charge in [0.2, 0.25) is 5.91 Å². The lowest BCUT2D eigenvalue weighted by molar-refractivity contribution is -0.141. The zero-order valence-corrected chi connectivity index (χ0v) is 10.8. The third kappa shape index (κ3) is 4.68. The molecule has 1 heterocycles. The van der Waals surface area contributed by atoms with Crippen LogP contribution in [0, 0.1) is 0 Å². The normalized spacial score (nSPS) is 17.7. The van der Waals surface area contributed by atoms with E-state index in [9.17, 15) is 18.0 Å². The van der Waals surface area contributed by atoms with Crippen LogP contribution in [-0.2, 0) is 9.53 Å². The van der Waals surface area contributed by atoms with Crippen molar-refractivity contribution >= 4 is 5.91 Å². The Morgan fingerprint density at radius 2 is 2.00 bits per heavy atom. The third-order valence-corrected chi connectivity index (χ3v) is 2.55. The molecular formula is C12H18F3NO2. The van der Waals surface area contributed by atoms with Gasteiger partial charge in [0.1, 0.15) is 6.61 Å². The van der Waals surface area contributed by atoms with Crippen molar-refractivity contribution in [3.8, 4) is 0 Å². The number of hydrogen-bond acceptors (Lipinski definition) is 2. The van der Waals surface area contributed by atoms with Crippen LogP contribution in [0.3, 0.4) is 0 Å². The van der Waals surface area contributed by atoms with Crippen molar-refractivity contribution in [2.24, 2.45) is 0 Å². The number of amides is 1. The van der Waals surface area contributed by atoms with Gasteiger partial charge in [-0.2, -0.15) is 13.2 Å². The van der Waals surface area contributed by atoms with Gasteiger partial charge in [0.05, 0.1) is 5.60 Å². The lowest BCUT2D eigenvalue weighted by Gasteiger charge is -2.28. The molecule has 1 amide bonds. The van der Waals surface area contributed by atoms with Crippen molar-refractivity contribution in [2.45, 2.75) is 39.0 Å². The molecule has 0 N–H and O–H groups in total. The molecule has 1 aliphatic rings. The lowest BCUT2D eigenvalue weighted by atomic mass is 10.1. The summed E-state index contributed by atoms with van der Waals surface area (Å²) >= 11 is 0. The molecule has 0 aromatic carbocycles. The van der Waals surface area contributed by atoms with E-state index in [1.807, 2.05) is 20.8 Å². The van der Waals surface area contributed by atoms with Gasteiger partial charge in [-0.15, -0.1) is 0 Å². The fraction of sp³-hybridized carbons (Fsp3) is 0.750. The summed E-state index contributed by atoms with van der Waals surface area (Å²) in [5.41, 5.74) is -0.985. The summed E-state index contributed by atoms with van der Waals surface area (Å²) in [5, 5.41) is 0. The molecule has 0 radical (unpaired) electrons. The van der Waals surface area contributed by atoms with Crippen LogP contribution < -0.4 is 0 Å². The first-order valence-electron chi connectivity index (χ1n) is 5.77. The van der Waals surface area contributed by atoms with Crippen LogP contribution >= 0.6 is 0 Å². The number of ether oxygens (including phenoxy) is 1. The summed E-state index contributed by atoms with van der Waals surface area (Å²) in [6, 6.07) is 0. The van der Waals surface area contributed by atoms with Crippen LogP contribution in [0.25, 0.3) is 0 Å². The van der Waals surface area contributed by atoms with Gasteiger partial charge in [-0.25, -0.2) is 0 Å². The maximum atomic E-state index is 12.4. The third-order valence-electron chi connectivity index (χ3n) is 2.55. The molecule has 0 spiro atoms. The maximum Gasteiger partial charge on any atom is 0.412 e. The van der Waals surface area contributed by atoms with E-state index in [2.05, 4.69) is 0 Å². The Balaban J connectivity index is 2.48. The monoisotopic (exact) mass is 265 g/mol. The molecule has 0 saturated carbocycles. The molecule has 0 aliphatic carbocycles. The Kier molecular flexibility index (Phi) is 4.42. The average molecular weight is 265 g/mol. The fourth-order valence-electron chi connectivity index (χ4n) is 1.52. The molecule has 0 atom stereocenters. The highest BCUT2D eigenvalue weighted by molar-refractivity contribution is 5.77. The molecule has 104 valence electrons. The molecule has 0 aromatic heterocycles. The Labute approximate surface area is 105 Å². The van der Waals surface area contributed by atoms with Crippen molar-refractivity contribution in [3.63, 3.8) is 0 Å². The van der Waals surface area contributed by atoms with E-state index in [0.29, 0.717) is 0 Å². The average Bonchev–Trinajstić information content (AvgIpc) is 2.24. The first-order chi connectivity index (χ1) is 8.09. The van der Waals surface area contributed by atoms with E-state index < -0.39 is 17.4 Å². The summed E-state index contributed by atoms with van der Waals surface area (Å²) in [6.45, 7) is 5.45. The van der Waals surface area contributed by atoms with E-state index in [0.717, 1.165) is 6.08 Å². The highest BCUT2D eigenvalue weighted by Gasteiger charge is 2.35. The van der Waals surface area contributed by atoms with Crippen molar-refractivity contribution in [2.75, 3.05) is 19.7 Å². The van der Waals surface area contributed by atoms with Gasteiger partial charge < -0.3 is 9.64 Å². The van der Waals surface area contributed by atoms with Gasteiger partial charge in [-0.05, 0) is 27.2 Å². The van der Waals surface area contributed by atoms with Crippen molar-refractivity contribution in [3.05, 3.63) is 11.6 Å². The van der Waals surface area contributed by atoms with Gasteiger partial charge in [-0.3, -0.25) is 4.79 Å².